The van der Waals surface area contributed by atoms with Gasteiger partial charge in [-0.25, -0.2) is 0 Å². The van der Waals surface area contributed by atoms with E-state index in [4.69, 9.17) is 4.74 Å². The van der Waals surface area contributed by atoms with Crippen molar-refractivity contribution in [3.05, 3.63) is 29.8 Å². The average Bonchev–Trinajstić information content (AvgIpc) is 3.15. The van der Waals surface area contributed by atoms with Gasteiger partial charge < -0.3 is 19.9 Å². The van der Waals surface area contributed by atoms with Crippen LogP contribution in [0.4, 0.5) is 5.69 Å². The van der Waals surface area contributed by atoms with Crippen LogP contribution < -0.4 is 10.2 Å². The zero-order valence-corrected chi connectivity index (χ0v) is 14.4. The topological polar surface area (TPSA) is 61.9 Å². The zero-order chi connectivity index (χ0) is 17.2. The van der Waals surface area contributed by atoms with Crippen molar-refractivity contribution >= 4 is 17.5 Å². The molecule has 130 valence electrons. The maximum absolute atomic E-state index is 12.8. The molecule has 0 bridgehead atoms. The molecule has 2 heterocycles. The minimum absolute atomic E-state index is 0.0543. The Bertz CT molecular complexity index is 610. The molecule has 6 heteroatoms. The molecule has 24 heavy (non-hydrogen) atoms. The lowest BCUT2D eigenvalue weighted by Crippen LogP contribution is -2.58. The SMILES string of the molecule is CNC(=O)[C@@]1(C)CN(C(=O)c2ccc(N3CCCC3)cc2)CCO1. The fraction of sp³-hybridized carbons (Fsp3) is 0.556. The van der Waals surface area contributed by atoms with Gasteiger partial charge >= 0.3 is 0 Å². The van der Waals surface area contributed by atoms with Crippen LogP contribution in [0.3, 0.4) is 0 Å². The number of carbonyl (C=O) groups excluding carboxylic acids is 2. The molecule has 2 saturated heterocycles. The summed E-state index contributed by atoms with van der Waals surface area (Å²) in [6.07, 6.45) is 2.46. The van der Waals surface area contributed by atoms with E-state index in [1.54, 1.807) is 18.9 Å². The Morgan fingerprint density at radius 2 is 1.79 bits per heavy atom. The number of amides is 2. The van der Waals surface area contributed by atoms with Crippen molar-refractivity contribution in [2.45, 2.75) is 25.4 Å². The van der Waals surface area contributed by atoms with E-state index >= 15 is 0 Å². The van der Waals surface area contributed by atoms with Gasteiger partial charge in [-0.2, -0.15) is 0 Å². The van der Waals surface area contributed by atoms with Crippen LogP contribution in [0.25, 0.3) is 0 Å². The summed E-state index contributed by atoms with van der Waals surface area (Å²) in [7, 11) is 1.58. The molecule has 2 aliphatic rings. The molecule has 1 aromatic rings. The first-order valence-corrected chi connectivity index (χ1v) is 8.54. The van der Waals surface area contributed by atoms with Crippen LogP contribution in [0.5, 0.6) is 0 Å². The van der Waals surface area contributed by atoms with E-state index in [0.717, 1.165) is 13.1 Å². The number of carbonyl (C=O) groups is 2. The predicted octanol–water partition coefficient (Wildman–Crippen LogP) is 1.26. The molecule has 0 radical (unpaired) electrons. The highest BCUT2D eigenvalue weighted by Gasteiger charge is 2.40. The van der Waals surface area contributed by atoms with Gasteiger partial charge in [0.1, 0.15) is 0 Å². The molecule has 2 amide bonds. The van der Waals surface area contributed by atoms with Crippen molar-refractivity contribution in [2.24, 2.45) is 0 Å². The monoisotopic (exact) mass is 331 g/mol. The largest absolute Gasteiger partial charge is 0.372 e. The minimum atomic E-state index is -0.988. The van der Waals surface area contributed by atoms with Crippen molar-refractivity contribution in [2.75, 3.05) is 44.7 Å². The molecule has 3 rings (SSSR count). The first kappa shape index (κ1) is 16.8. The Morgan fingerprint density at radius 1 is 1.12 bits per heavy atom. The first-order chi connectivity index (χ1) is 11.5. The maximum atomic E-state index is 12.8. The Kier molecular flexibility index (Phi) is 4.76. The summed E-state index contributed by atoms with van der Waals surface area (Å²) in [6.45, 7) is 5.02. The number of hydrogen-bond acceptors (Lipinski definition) is 4. The molecule has 0 saturated carbocycles. The third-order valence-electron chi connectivity index (χ3n) is 4.85. The Morgan fingerprint density at radius 3 is 2.42 bits per heavy atom. The van der Waals surface area contributed by atoms with Crippen molar-refractivity contribution in [1.29, 1.82) is 0 Å². The normalized spacial score (nSPS) is 24.1. The van der Waals surface area contributed by atoms with Gasteiger partial charge in [-0.05, 0) is 44.0 Å². The van der Waals surface area contributed by atoms with E-state index in [-0.39, 0.29) is 18.4 Å². The van der Waals surface area contributed by atoms with Crippen molar-refractivity contribution in [3.63, 3.8) is 0 Å². The van der Waals surface area contributed by atoms with Crippen LogP contribution in [0.1, 0.15) is 30.1 Å². The molecule has 0 aliphatic carbocycles. The fourth-order valence-electron chi connectivity index (χ4n) is 3.42. The van der Waals surface area contributed by atoms with Crippen molar-refractivity contribution in [3.8, 4) is 0 Å². The number of anilines is 1. The third-order valence-corrected chi connectivity index (χ3v) is 4.85. The molecule has 0 spiro atoms. The average molecular weight is 331 g/mol. The molecule has 1 atom stereocenters. The van der Waals surface area contributed by atoms with E-state index in [1.165, 1.54) is 18.5 Å². The minimum Gasteiger partial charge on any atom is -0.372 e. The third kappa shape index (κ3) is 3.24. The van der Waals surface area contributed by atoms with E-state index < -0.39 is 5.60 Å². The summed E-state index contributed by atoms with van der Waals surface area (Å²) in [6, 6.07) is 7.78. The zero-order valence-electron chi connectivity index (χ0n) is 14.4. The van der Waals surface area contributed by atoms with Gasteiger partial charge in [0.05, 0.1) is 13.2 Å². The number of ether oxygens (including phenoxy) is 1. The highest BCUT2D eigenvalue weighted by Crippen LogP contribution is 2.23. The van der Waals surface area contributed by atoms with E-state index in [9.17, 15) is 9.59 Å². The number of nitrogens with one attached hydrogen (secondary N) is 1. The quantitative estimate of drug-likeness (QED) is 0.906. The lowest BCUT2D eigenvalue weighted by atomic mass is 10.0. The molecular formula is C18H25N3O3. The Balaban J connectivity index is 1.70. The number of hydrogen-bond donors (Lipinski definition) is 1. The summed E-state index contributed by atoms with van der Waals surface area (Å²) in [5.41, 5.74) is 0.832. The van der Waals surface area contributed by atoms with Crippen LogP contribution in [-0.4, -0.2) is 62.1 Å². The molecule has 2 aliphatic heterocycles. The first-order valence-electron chi connectivity index (χ1n) is 8.54. The summed E-state index contributed by atoms with van der Waals surface area (Å²) in [5.74, 6) is -0.259. The molecule has 0 aromatic heterocycles. The number of nitrogens with zero attached hydrogens (tertiary/aromatic N) is 2. The molecule has 1 aromatic carbocycles. The van der Waals surface area contributed by atoms with Gasteiger partial charge in [-0.3, -0.25) is 9.59 Å². The highest BCUT2D eigenvalue weighted by atomic mass is 16.5. The van der Waals surface area contributed by atoms with Crippen LogP contribution in [0.15, 0.2) is 24.3 Å². The highest BCUT2D eigenvalue weighted by molar-refractivity contribution is 5.95. The number of benzene rings is 1. The van der Waals surface area contributed by atoms with Crippen LogP contribution in [0, 0.1) is 0 Å². The fourth-order valence-corrected chi connectivity index (χ4v) is 3.42. The van der Waals surface area contributed by atoms with Crippen molar-refractivity contribution < 1.29 is 14.3 Å². The molecule has 2 fully saturated rings. The summed E-state index contributed by atoms with van der Waals surface area (Å²) < 4.78 is 5.61. The smallest absolute Gasteiger partial charge is 0.254 e. The van der Waals surface area contributed by atoms with Crippen molar-refractivity contribution in [1.82, 2.24) is 10.2 Å². The maximum Gasteiger partial charge on any atom is 0.254 e. The van der Waals surface area contributed by atoms with Gasteiger partial charge in [-0.1, -0.05) is 0 Å². The lowest BCUT2D eigenvalue weighted by molar-refractivity contribution is -0.153. The summed E-state index contributed by atoms with van der Waals surface area (Å²) in [4.78, 5) is 28.8. The van der Waals surface area contributed by atoms with E-state index in [1.807, 2.05) is 24.3 Å². The standard InChI is InChI=1S/C18H25N3O3/c1-18(17(23)19-2)13-21(11-12-24-18)16(22)14-5-7-15(8-6-14)20-9-3-4-10-20/h5-8H,3-4,9-13H2,1-2H3,(H,19,23)/t18-/m1/s1. The molecule has 0 unspecified atom stereocenters. The number of morpholine rings is 1. The van der Waals surface area contributed by atoms with Gasteiger partial charge in [0.2, 0.25) is 0 Å². The number of rotatable bonds is 3. The Labute approximate surface area is 142 Å². The lowest BCUT2D eigenvalue weighted by Gasteiger charge is -2.39. The van der Waals surface area contributed by atoms with E-state index in [2.05, 4.69) is 10.2 Å². The summed E-state index contributed by atoms with van der Waals surface area (Å²) in [5, 5.41) is 2.61. The predicted molar refractivity (Wildman–Crippen MR) is 92.2 cm³/mol. The van der Waals surface area contributed by atoms with E-state index in [0.29, 0.717) is 18.7 Å². The molecule has 1 N–H and O–H groups in total. The summed E-state index contributed by atoms with van der Waals surface area (Å²) >= 11 is 0. The van der Waals surface area contributed by atoms with Gasteiger partial charge in [-0.15, -0.1) is 0 Å². The number of likely N-dealkylation sites (N-methyl/N-ethyl adjacent to an activating group) is 1. The second-order valence-corrected chi connectivity index (χ2v) is 6.63. The van der Waals surface area contributed by atoms with Gasteiger partial charge in [0, 0.05) is 37.9 Å². The Hall–Kier alpha value is -2.08. The molecule has 6 nitrogen and oxygen atoms in total. The second kappa shape index (κ2) is 6.81. The second-order valence-electron chi connectivity index (χ2n) is 6.63. The van der Waals surface area contributed by atoms with Gasteiger partial charge in [0.15, 0.2) is 5.60 Å². The van der Waals surface area contributed by atoms with Gasteiger partial charge in [0.25, 0.3) is 11.8 Å². The van der Waals surface area contributed by atoms with Crippen LogP contribution in [-0.2, 0) is 9.53 Å². The molecular weight excluding hydrogens is 306 g/mol. The van der Waals surface area contributed by atoms with Crippen LogP contribution >= 0.6 is 0 Å². The van der Waals surface area contributed by atoms with Crippen LogP contribution in [0.2, 0.25) is 0 Å².